The van der Waals surface area contributed by atoms with Gasteiger partial charge < -0.3 is 10.1 Å². The SMILES string of the molecule is CNCc1cccnc1Oc1ccc(C(C)(C)C)cc1C. The van der Waals surface area contributed by atoms with Gasteiger partial charge in [-0.15, -0.1) is 0 Å². The van der Waals surface area contributed by atoms with E-state index in [9.17, 15) is 0 Å². The lowest BCUT2D eigenvalue weighted by molar-refractivity contribution is 0.450. The maximum absolute atomic E-state index is 6.01. The fourth-order valence-electron chi connectivity index (χ4n) is 2.18. The normalized spacial score (nSPS) is 11.5. The van der Waals surface area contributed by atoms with E-state index >= 15 is 0 Å². The summed E-state index contributed by atoms with van der Waals surface area (Å²) in [6, 6.07) is 10.3. The summed E-state index contributed by atoms with van der Waals surface area (Å²) in [7, 11) is 1.92. The number of nitrogens with one attached hydrogen (secondary N) is 1. The molecule has 3 heteroatoms. The number of nitrogens with zero attached hydrogens (tertiary/aromatic N) is 1. The van der Waals surface area contributed by atoms with E-state index in [0.717, 1.165) is 23.4 Å². The van der Waals surface area contributed by atoms with Gasteiger partial charge in [0.2, 0.25) is 5.88 Å². The molecule has 112 valence electrons. The topological polar surface area (TPSA) is 34.2 Å². The standard InChI is InChI=1S/C18H24N2O/c1-13-11-15(18(2,3)4)8-9-16(13)21-17-14(12-19-5)7-6-10-20-17/h6-11,19H,12H2,1-5H3. The van der Waals surface area contributed by atoms with Crippen LogP contribution in [0.4, 0.5) is 0 Å². The fourth-order valence-corrected chi connectivity index (χ4v) is 2.18. The van der Waals surface area contributed by atoms with Crippen LogP contribution in [0.5, 0.6) is 11.6 Å². The Balaban J connectivity index is 2.28. The van der Waals surface area contributed by atoms with Crippen LogP contribution in [0.15, 0.2) is 36.5 Å². The number of rotatable bonds is 4. The Morgan fingerprint density at radius 3 is 2.57 bits per heavy atom. The first kappa shape index (κ1) is 15.5. The molecule has 0 unspecified atom stereocenters. The van der Waals surface area contributed by atoms with Gasteiger partial charge in [0.1, 0.15) is 5.75 Å². The molecule has 0 saturated carbocycles. The average Bonchev–Trinajstić information content (AvgIpc) is 2.42. The van der Waals surface area contributed by atoms with E-state index in [1.807, 2.05) is 25.2 Å². The number of ether oxygens (including phenoxy) is 1. The lowest BCUT2D eigenvalue weighted by atomic mass is 9.86. The highest BCUT2D eigenvalue weighted by atomic mass is 16.5. The minimum atomic E-state index is 0.144. The summed E-state index contributed by atoms with van der Waals surface area (Å²) in [4.78, 5) is 4.34. The molecule has 1 aromatic heterocycles. The average molecular weight is 284 g/mol. The number of aryl methyl sites for hydroxylation is 1. The van der Waals surface area contributed by atoms with E-state index in [2.05, 4.69) is 50.1 Å². The lowest BCUT2D eigenvalue weighted by Crippen LogP contribution is -2.11. The van der Waals surface area contributed by atoms with Crippen LogP contribution < -0.4 is 10.1 Å². The molecule has 21 heavy (non-hydrogen) atoms. The number of benzene rings is 1. The smallest absolute Gasteiger partial charge is 0.223 e. The van der Waals surface area contributed by atoms with Crippen LogP contribution in [-0.2, 0) is 12.0 Å². The molecule has 1 heterocycles. The Morgan fingerprint density at radius 1 is 1.19 bits per heavy atom. The maximum atomic E-state index is 6.01. The summed E-state index contributed by atoms with van der Waals surface area (Å²) in [5.41, 5.74) is 3.64. The van der Waals surface area contributed by atoms with Gasteiger partial charge in [-0.05, 0) is 42.6 Å². The molecule has 0 aliphatic heterocycles. The summed E-state index contributed by atoms with van der Waals surface area (Å²) >= 11 is 0. The molecule has 0 aliphatic rings. The number of pyridine rings is 1. The van der Waals surface area contributed by atoms with Gasteiger partial charge in [-0.3, -0.25) is 0 Å². The molecule has 0 bridgehead atoms. The largest absolute Gasteiger partial charge is 0.438 e. The molecule has 1 N–H and O–H groups in total. The van der Waals surface area contributed by atoms with Gasteiger partial charge in [0.15, 0.2) is 0 Å². The van der Waals surface area contributed by atoms with Crippen LogP contribution in [-0.4, -0.2) is 12.0 Å². The van der Waals surface area contributed by atoms with Crippen molar-refractivity contribution in [1.82, 2.24) is 10.3 Å². The van der Waals surface area contributed by atoms with Crippen molar-refractivity contribution in [2.75, 3.05) is 7.05 Å². The molecule has 0 atom stereocenters. The highest BCUT2D eigenvalue weighted by Gasteiger charge is 2.15. The van der Waals surface area contributed by atoms with Gasteiger partial charge in [0, 0.05) is 18.3 Å². The Morgan fingerprint density at radius 2 is 1.95 bits per heavy atom. The predicted molar refractivity (Wildman–Crippen MR) is 87.0 cm³/mol. The fraction of sp³-hybridized carbons (Fsp3) is 0.389. The minimum absolute atomic E-state index is 0.144. The lowest BCUT2D eigenvalue weighted by Gasteiger charge is -2.20. The Bertz CT molecular complexity index is 615. The zero-order valence-electron chi connectivity index (χ0n) is 13.5. The van der Waals surface area contributed by atoms with E-state index in [-0.39, 0.29) is 5.41 Å². The van der Waals surface area contributed by atoms with Crippen LogP contribution in [0, 0.1) is 6.92 Å². The van der Waals surface area contributed by atoms with Crippen LogP contribution in [0.1, 0.15) is 37.5 Å². The zero-order chi connectivity index (χ0) is 15.5. The number of hydrogen-bond donors (Lipinski definition) is 1. The van der Waals surface area contributed by atoms with Crippen molar-refractivity contribution in [1.29, 1.82) is 0 Å². The molecule has 0 spiro atoms. The highest BCUT2D eigenvalue weighted by molar-refractivity contribution is 5.41. The predicted octanol–water partition coefficient (Wildman–Crippen LogP) is 4.20. The summed E-state index contributed by atoms with van der Waals surface area (Å²) in [5, 5.41) is 3.13. The van der Waals surface area contributed by atoms with E-state index in [1.165, 1.54) is 5.56 Å². The molecule has 0 radical (unpaired) electrons. The molecule has 2 rings (SSSR count). The third-order valence-electron chi connectivity index (χ3n) is 3.46. The monoisotopic (exact) mass is 284 g/mol. The Hall–Kier alpha value is -1.87. The van der Waals surface area contributed by atoms with Gasteiger partial charge in [0.25, 0.3) is 0 Å². The summed E-state index contributed by atoms with van der Waals surface area (Å²) in [6.07, 6.45) is 1.76. The van der Waals surface area contributed by atoms with Crippen LogP contribution >= 0.6 is 0 Å². The summed E-state index contributed by atoms with van der Waals surface area (Å²) in [6.45, 7) is 9.46. The van der Waals surface area contributed by atoms with E-state index < -0.39 is 0 Å². The zero-order valence-corrected chi connectivity index (χ0v) is 13.5. The Kier molecular flexibility index (Phi) is 4.63. The molecule has 1 aromatic carbocycles. The van der Waals surface area contributed by atoms with Crippen molar-refractivity contribution in [2.24, 2.45) is 0 Å². The minimum Gasteiger partial charge on any atom is -0.438 e. The van der Waals surface area contributed by atoms with Crippen molar-refractivity contribution < 1.29 is 4.74 Å². The van der Waals surface area contributed by atoms with Crippen molar-refractivity contribution in [3.63, 3.8) is 0 Å². The van der Waals surface area contributed by atoms with E-state index in [0.29, 0.717) is 5.88 Å². The van der Waals surface area contributed by atoms with Crippen molar-refractivity contribution in [2.45, 2.75) is 39.7 Å². The second-order valence-corrected chi connectivity index (χ2v) is 6.33. The van der Waals surface area contributed by atoms with Gasteiger partial charge in [-0.25, -0.2) is 4.98 Å². The van der Waals surface area contributed by atoms with Gasteiger partial charge in [-0.2, -0.15) is 0 Å². The second-order valence-electron chi connectivity index (χ2n) is 6.33. The van der Waals surface area contributed by atoms with E-state index in [1.54, 1.807) is 6.20 Å². The van der Waals surface area contributed by atoms with Crippen molar-refractivity contribution in [3.8, 4) is 11.6 Å². The first-order valence-electron chi connectivity index (χ1n) is 7.29. The quantitative estimate of drug-likeness (QED) is 0.913. The van der Waals surface area contributed by atoms with Crippen LogP contribution in [0.2, 0.25) is 0 Å². The summed E-state index contributed by atoms with van der Waals surface area (Å²) in [5.74, 6) is 1.53. The maximum Gasteiger partial charge on any atom is 0.223 e. The Labute approximate surface area is 127 Å². The van der Waals surface area contributed by atoms with Gasteiger partial charge in [-0.1, -0.05) is 39.0 Å². The first-order chi connectivity index (χ1) is 9.91. The number of aromatic nitrogens is 1. The van der Waals surface area contributed by atoms with Gasteiger partial charge in [0.05, 0.1) is 0 Å². The molecular formula is C18H24N2O. The molecule has 0 saturated heterocycles. The molecule has 0 aliphatic carbocycles. The van der Waals surface area contributed by atoms with Crippen LogP contribution in [0.25, 0.3) is 0 Å². The molecule has 2 aromatic rings. The van der Waals surface area contributed by atoms with Crippen molar-refractivity contribution in [3.05, 3.63) is 53.2 Å². The second kappa shape index (κ2) is 6.27. The van der Waals surface area contributed by atoms with Gasteiger partial charge >= 0.3 is 0 Å². The first-order valence-corrected chi connectivity index (χ1v) is 7.29. The number of hydrogen-bond acceptors (Lipinski definition) is 3. The summed E-state index contributed by atoms with van der Waals surface area (Å²) < 4.78 is 6.01. The van der Waals surface area contributed by atoms with E-state index in [4.69, 9.17) is 4.74 Å². The molecule has 0 amide bonds. The third-order valence-corrected chi connectivity index (χ3v) is 3.46. The molecular weight excluding hydrogens is 260 g/mol. The molecule has 0 fully saturated rings. The highest BCUT2D eigenvalue weighted by Crippen LogP contribution is 2.30. The molecule has 3 nitrogen and oxygen atoms in total. The van der Waals surface area contributed by atoms with Crippen molar-refractivity contribution >= 4 is 0 Å². The van der Waals surface area contributed by atoms with Crippen LogP contribution in [0.3, 0.4) is 0 Å². The third kappa shape index (κ3) is 3.82.